The predicted octanol–water partition coefficient (Wildman–Crippen LogP) is 2.53. The zero-order valence-corrected chi connectivity index (χ0v) is 11.2. The molecule has 3 nitrogen and oxygen atoms in total. The lowest BCUT2D eigenvalue weighted by Crippen LogP contribution is -2.39. The van der Waals surface area contributed by atoms with E-state index in [-0.39, 0.29) is 17.6 Å². The minimum atomic E-state index is 0.0332. The maximum absolute atomic E-state index is 12.0. The number of benzene rings is 1. The molecule has 1 heterocycles. The molecule has 1 aliphatic rings. The van der Waals surface area contributed by atoms with Gasteiger partial charge in [-0.2, -0.15) is 0 Å². The molecule has 100 valence electrons. The number of hydrogen-bond donors (Lipinski definition) is 0. The molecule has 0 aliphatic carbocycles. The van der Waals surface area contributed by atoms with Crippen molar-refractivity contribution in [3.8, 4) is 0 Å². The van der Waals surface area contributed by atoms with Crippen molar-refractivity contribution in [3.05, 3.63) is 42.0 Å². The molecular formula is C16H19NO2. The summed E-state index contributed by atoms with van der Waals surface area (Å²) in [6.07, 6.45) is 5.03. The molecule has 1 saturated heterocycles. The Kier molecular flexibility index (Phi) is 4.50. The summed E-state index contributed by atoms with van der Waals surface area (Å²) >= 11 is 0. The number of piperidine rings is 1. The molecule has 1 aromatic carbocycles. The Bertz CT molecular complexity index is 471. The highest BCUT2D eigenvalue weighted by atomic mass is 16.2. The van der Waals surface area contributed by atoms with E-state index in [1.807, 2.05) is 41.3 Å². The van der Waals surface area contributed by atoms with Crippen LogP contribution in [-0.4, -0.2) is 29.7 Å². The number of nitrogens with zero attached hydrogens (tertiary/aromatic N) is 1. The summed E-state index contributed by atoms with van der Waals surface area (Å²) in [4.78, 5) is 25.1. The molecule has 3 heteroatoms. The highest BCUT2D eigenvalue weighted by Gasteiger charge is 2.23. The second-order valence-electron chi connectivity index (χ2n) is 4.95. The van der Waals surface area contributed by atoms with Crippen LogP contribution in [0.3, 0.4) is 0 Å². The van der Waals surface area contributed by atoms with Crippen LogP contribution in [-0.2, 0) is 9.59 Å². The van der Waals surface area contributed by atoms with E-state index >= 15 is 0 Å². The zero-order chi connectivity index (χ0) is 13.7. The van der Waals surface area contributed by atoms with Crippen LogP contribution < -0.4 is 0 Å². The van der Waals surface area contributed by atoms with Crippen molar-refractivity contribution in [2.75, 3.05) is 13.1 Å². The molecule has 1 aliphatic heterocycles. The third-order valence-electron chi connectivity index (χ3n) is 3.60. The van der Waals surface area contributed by atoms with Gasteiger partial charge >= 0.3 is 0 Å². The van der Waals surface area contributed by atoms with Crippen LogP contribution in [0.5, 0.6) is 0 Å². The third-order valence-corrected chi connectivity index (χ3v) is 3.60. The molecule has 0 saturated carbocycles. The van der Waals surface area contributed by atoms with Crippen LogP contribution in [0.1, 0.15) is 25.3 Å². The number of hydrogen-bond acceptors (Lipinski definition) is 2. The third kappa shape index (κ3) is 3.78. The van der Waals surface area contributed by atoms with Gasteiger partial charge in [0.2, 0.25) is 5.91 Å². The first kappa shape index (κ1) is 13.5. The maximum atomic E-state index is 12.0. The fourth-order valence-corrected chi connectivity index (χ4v) is 2.34. The van der Waals surface area contributed by atoms with E-state index in [9.17, 15) is 9.59 Å². The smallest absolute Gasteiger partial charge is 0.246 e. The van der Waals surface area contributed by atoms with Crippen molar-refractivity contribution in [2.24, 2.45) is 5.92 Å². The first-order valence-electron chi connectivity index (χ1n) is 6.69. The van der Waals surface area contributed by atoms with Crippen molar-refractivity contribution in [2.45, 2.75) is 19.8 Å². The second kappa shape index (κ2) is 6.32. The van der Waals surface area contributed by atoms with Crippen LogP contribution >= 0.6 is 0 Å². The number of ketones is 1. The molecule has 1 fully saturated rings. The normalized spacial score (nSPS) is 16.8. The lowest BCUT2D eigenvalue weighted by molar-refractivity contribution is -0.130. The van der Waals surface area contributed by atoms with E-state index in [2.05, 4.69) is 0 Å². The van der Waals surface area contributed by atoms with Crippen LogP contribution in [0.2, 0.25) is 0 Å². The van der Waals surface area contributed by atoms with E-state index in [1.54, 1.807) is 13.0 Å². The zero-order valence-electron chi connectivity index (χ0n) is 11.2. The molecule has 0 atom stereocenters. The van der Waals surface area contributed by atoms with Crippen molar-refractivity contribution in [1.82, 2.24) is 4.90 Å². The maximum Gasteiger partial charge on any atom is 0.246 e. The molecule has 0 radical (unpaired) electrons. The van der Waals surface area contributed by atoms with E-state index in [0.717, 1.165) is 18.4 Å². The Morgan fingerprint density at radius 1 is 1.16 bits per heavy atom. The standard InChI is InChI=1S/C16H19NO2/c1-13(18)15-9-11-17(12-10-15)16(19)8-7-14-5-3-2-4-6-14/h2-8,15H,9-12H2,1H3/b8-7+. The Morgan fingerprint density at radius 3 is 2.37 bits per heavy atom. The van der Waals surface area contributed by atoms with Gasteiger partial charge < -0.3 is 4.90 Å². The first-order valence-corrected chi connectivity index (χ1v) is 6.69. The van der Waals surface area contributed by atoms with Gasteiger partial charge in [-0.1, -0.05) is 30.3 Å². The number of carbonyl (C=O) groups excluding carboxylic acids is 2. The number of likely N-dealkylation sites (tertiary alicyclic amines) is 1. The van der Waals surface area contributed by atoms with Gasteiger partial charge in [0, 0.05) is 25.1 Å². The fourth-order valence-electron chi connectivity index (χ4n) is 2.34. The van der Waals surface area contributed by atoms with Gasteiger partial charge in [0.1, 0.15) is 5.78 Å². The summed E-state index contributed by atoms with van der Waals surface area (Å²) in [5.41, 5.74) is 1.02. The van der Waals surface area contributed by atoms with Crippen LogP contribution in [0.4, 0.5) is 0 Å². The van der Waals surface area contributed by atoms with Crippen molar-refractivity contribution < 1.29 is 9.59 Å². The van der Waals surface area contributed by atoms with Gasteiger partial charge in [-0.3, -0.25) is 9.59 Å². The molecule has 2 rings (SSSR count). The lowest BCUT2D eigenvalue weighted by Gasteiger charge is -2.30. The van der Waals surface area contributed by atoms with Gasteiger partial charge in [0.25, 0.3) is 0 Å². The molecule has 1 amide bonds. The monoisotopic (exact) mass is 257 g/mol. The predicted molar refractivity (Wildman–Crippen MR) is 75.5 cm³/mol. The van der Waals surface area contributed by atoms with Crippen molar-refractivity contribution in [3.63, 3.8) is 0 Å². The Balaban J connectivity index is 1.88. The summed E-state index contributed by atoms with van der Waals surface area (Å²) in [7, 11) is 0. The minimum absolute atomic E-state index is 0.0332. The average molecular weight is 257 g/mol. The Hall–Kier alpha value is -1.90. The van der Waals surface area contributed by atoms with E-state index in [1.165, 1.54) is 0 Å². The molecule has 1 aromatic rings. The summed E-state index contributed by atoms with van der Waals surface area (Å²) in [6, 6.07) is 9.77. The van der Waals surface area contributed by atoms with Crippen LogP contribution in [0, 0.1) is 5.92 Å². The molecule has 0 aromatic heterocycles. The van der Waals surface area contributed by atoms with Gasteiger partial charge in [-0.05, 0) is 31.4 Å². The summed E-state index contributed by atoms with van der Waals surface area (Å²) < 4.78 is 0. The number of carbonyl (C=O) groups is 2. The molecule has 0 spiro atoms. The van der Waals surface area contributed by atoms with Crippen LogP contribution in [0.15, 0.2) is 36.4 Å². The minimum Gasteiger partial charge on any atom is -0.339 e. The summed E-state index contributed by atoms with van der Waals surface area (Å²) in [5.74, 6) is 0.417. The molecule has 0 bridgehead atoms. The summed E-state index contributed by atoms with van der Waals surface area (Å²) in [5, 5.41) is 0. The highest BCUT2D eigenvalue weighted by molar-refractivity contribution is 5.92. The molecule has 0 N–H and O–H groups in total. The molecular weight excluding hydrogens is 238 g/mol. The first-order chi connectivity index (χ1) is 9.16. The Labute approximate surface area is 113 Å². The SMILES string of the molecule is CC(=O)C1CCN(C(=O)/C=C/c2ccccc2)CC1. The van der Waals surface area contributed by atoms with E-state index < -0.39 is 0 Å². The molecule has 0 unspecified atom stereocenters. The highest BCUT2D eigenvalue weighted by Crippen LogP contribution is 2.18. The quantitative estimate of drug-likeness (QED) is 0.780. The van der Waals surface area contributed by atoms with Gasteiger partial charge in [-0.25, -0.2) is 0 Å². The van der Waals surface area contributed by atoms with Crippen molar-refractivity contribution in [1.29, 1.82) is 0 Å². The Morgan fingerprint density at radius 2 is 1.79 bits per heavy atom. The average Bonchev–Trinajstić information content (AvgIpc) is 2.46. The second-order valence-corrected chi connectivity index (χ2v) is 4.95. The largest absolute Gasteiger partial charge is 0.339 e. The van der Waals surface area contributed by atoms with Gasteiger partial charge in [0.15, 0.2) is 0 Å². The van der Waals surface area contributed by atoms with Crippen molar-refractivity contribution >= 4 is 17.8 Å². The number of Topliss-reactive ketones (excluding diaryl/α,β-unsaturated/α-hetero) is 1. The van der Waals surface area contributed by atoms with E-state index in [4.69, 9.17) is 0 Å². The summed E-state index contributed by atoms with van der Waals surface area (Å²) in [6.45, 7) is 3.00. The number of rotatable bonds is 3. The molecule has 19 heavy (non-hydrogen) atoms. The van der Waals surface area contributed by atoms with E-state index in [0.29, 0.717) is 13.1 Å². The van der Waals surface area contributed by atoms with Crippen LogP contribution in [0.25, 0.3) is 6.08 Å². The van der Waals surface area contributed by atoms with Gasteiger partial charge in [-0.15, -0.1) is 0 Å². The van der Waals surface area contributed by atoms with Gasteiger partial charge in [0.05, 0.1) is 0 Å². The lowest BCUT2D eigenvalue weighted by atomic mass is 9.93. The number of amides is 1. The fraction of sp³-hybridized carbons (Fsp3) is 0.375. The topological polar surface area (TPSA) is 37.4 Å².